The van der Waals surface area contributed by atoms with Gasteiger partial charge in [-0.2, -0.15) is 5.10 Å². The molecule has 0 aromatic carbocycles. The van der Waals surface area contributed by atoms with E-state index in [-0.39, 0.29) is 0 Å². The minimum absolute atomic E-state index is 0.485. The van der Waals surface area contributed by atoms with Gasteiger partial charge in [0.1, 0.15) is 5.55 Å². The molecule has 0 saturated heterocycles. The van der Waals surface area contributed by atoms with Crippen LogP contribution < -0.4 is 5.84 Å². The van der Waals surface area contributed by atoms with Crippen molar-refractivity contribution in [3.05, 3.63) is 0 Å². The summed E-state index contributed by atoms with van der Waals surface area (Å²) in [5.41, 5.74) is 1.12. The van der Waals surface area contributed by atoms with E-state index in [0.29, 0.717) is 12.0 Å². The lowest BCUT2D eigenvalue weighted by atomic mass is 11.7. The molecule has 0 amide bonds. The molecular formula is CH4N2OS. The molecule has 0 spiro atoms. The predicted octanol–water partition coefficient (Wildman–Crippen LogP) is 0.0946. The summed E-state index contributed by atoms with van der Waals surface area (Å²) < 4.78 is 7.75. The van der Waals surface area contributed by atoms with Gasteiger partial charge in [0.15, 0.2) is 0 Å². The number of rotatable bonds is 1. The van der Waals surface area contributed by atoms with Crippen LogP contribution in [0.2, 0.25) is 0 Å². The van der Waals surface area contributed by atoms with Crippen molar-refractivity contribution >= 4 is 17.6 Å². The molecule has 3 nitrogen and oxygen atoms in total. The van der Waals surface area contributed by atoms with Crippen LogP contribution in [0.25, 0.3) is 0 Å². The zero-order chi connectivity index (χ0) is 4.12. The highest BCUT2D eigenvalue weighted by Gasteiger charge is 1.55. The fourth-order valence-corrected chi connectivity index (χ4v) is 0.0816. The number of nitrogens with zero attached hydrogens (tertiary/aromatic N) is 1. The average Bonchev–Trinajstić information content (AvgIpc) is 1.41. The van der Waals surface area contributed by atoms with Crippen LogP contribution in [-0.4, -0.2) is 10.1 Å². The second-order valence-corrected chi connectivity index (χ2v) is 0.782. The molecule has 0 unspecified atom stereocenters. The smallest absolute Gasteiger partial charge is 0.107 e. The van der Waals surface area contributed by atoms with Crippen LogP contribution in [0.4, 0.5) is 0 Å². The first-order valence-corrected chi connectivity index (χ1v) is 1.77. The summed E-state index contributed by atoms with van der Waals surface area (Å²) in [4.78, 5) is 0. The molecule has 30 valence electrons. The minimum atomic E-state index is 0.485. The Balaban J connectivity index is 2.62. The maximum Gasteiger partial charge on any atom is 0.107 e. The molecule has 0 radical (unpaired) electrons. The van der Waals surface area contributed by atoms with Gasteiger partial charge in [0.05, 0.1) is 0 Å². The molecule has 0 fully saturated rings. The van der Waals surface area contributed by atoms with Crippen molar-refractivity contribution in [2.24, 2.45) is 10.9 Å². The van der Waals surface area contributed by atoms with Gasteiger partial charge in [-0.15, -0.1) is 0 Å². The lowest BCUT2D eigenvalue weighted by Crippen LogP contribution is -1.75. The largest absolute Gasteiger partial charge is 0.325 e. The summed E-state index contributed by atoms with van der Waals surface area (Å²) in [6.07, 6.45) is 0. The highest BCUT2D eigenvalue weighted by molar-refractivity contribution is 8.07. The Morgan fingerprint density at radius 2 is 2.60 bits per heavy atom. The molecule has 0 saturated carbocycles. The molecule has 0 aromatic rings. The first-order chi connectivity index (χ1) is 2.41. The zero-order valence-corrected chi connectivity index (χ0v) is 3.27. The molecule has 0 heterocycles. The monoisotopic (exact) mass is 92.0 g/mol. The highest BCUT2D eigenvalue weighted by Crippen LogP contribution is 1.76. The van der Waals surface area contributed by atoms with Crippen molar-refractivity contribution in [1.29, 1.82) is 0 Å². The Labute approximate surface area is 34.1 Å². The summed E-state index contributed by atoms with van der Waals surface area (Å²) in [7, 11) is 0. The lowest BCUT2D eigenvalue weighted by Gasteiger charge is -1.65. The molecule has 0 bridgehead atoms. The maximum absolute atomic E-state index is 7.75. The van der Waals surface area contributed by atoms with Crippen LogP contribution >= 0.6 is 12.0 Å². The summed E-state index contributed by atoms with van der Waals surface area (Å²) >= 11 is 0.485. The van der Waals surface area contributed by atoms with Crippen LogP contribution in [0.1, 0.15) is 0 Å². The maximum atomic E-state index is 7.75. The summed E-state index contributed by atoms with van der Waals surface area (Å²) in [6, 6.07) is 0. The van der Waals surface area contributed by atoms with Gasteiger partial charge in [-0.05, 0) is 0 Å². The van der Waals surface area contributed by atoms with Gasteiger partial charge in [0.25, 0.3) is 0 Å². The molecule has 0 aliphatic rings. The lowest BCUT2D eigenvalue weighted by molar-refractivity contribution is 0.674. The highest BCUT2D eigenvalue weighted by atomic mass is 32.2. The third kappa shape index (κ3) is 3.78. The average molecular weight is 92.1 g/mol. The van der Waals surface area contributed by atoms with Gasteiger partial charge in [-0.25, -0.2) is 0 Å². The van der Waals surface area contributed by atoms with Gasteiger partial charge >= 0.3 is 0 Å². The second-order valence-electron chi connectivity index (χ2n) is 0.360. The second kappa shape index (κ2) is 3.78. The third-order valence-corrected chi connectivity index (χ3v) is 0.324. The van der Waals surface area contributed by atoms with E-state index in [1.165, 1.54) is 0 Å². The van der Waals surface area contributed by atoms with Crippen molar-refractivity contribution in [1.82, 2.24) is 0 Å². The van der Waals surface area contributed by atoms with E-state index in [1.807, 2.05) is 0 Å². The Morgan fingerprint density at radius 1 is 2.00 bits per heavy atom. The van der Waals surface area contributed by atoms with Crippen LogP contribution in [0.5, 0.6) is 0 Å². The van der Waals surface area contributed by atoms with Gasteiger partial charge in [0.2, 0.25) is 0 Å². The standard InChI is InChI=1S/CH4N2OS/c2-3-1-5-4/h1,4H,2H2/b3-1+. The Kier molecular flexibility index (Phi) is 3.61. The molecule has 0 atom stereocenters. The summed E-state index contributed by atoms with van der Waals surface area (Å²) in [6.45, 7) is 0. The van der Waals surface area contributed by atoms with E-state index in [9.17, 15) is 0 Å². The summed E-state index contributed by atoms with van der Waals surface area (Å²) in [5.74, 6) is 4.53. The minimum Gasteiger partial charge on any atom is -0.325 e. The van der Waals surface area contributed by atoms with Gasteiger partial charge < -0.3 is 10.4 Å². The van der Waals surface area contributed by atoms with Gasteiger partial charge in [0, 0.05) is 12.0 Å². The van der Waals surface area contributed by atoms with Crippen molar-refractivity contribution in [3.63, 3.8) is 0 Å². The van der Waals surface area contributed by atoms with Crippen molar-refractivity contribution < 1.29 is 4.55 Å². The quantitative estimate of drug-likeness (QED) is 0.158. The number of hydrogen-bond acceptors (Lipinski definition) is 4. The van der Waals surface area contributed by atoms with E-state index in [1.54, 1.807) is 0 Å². The van der Waals surface area contributed by atoms with E-state index < -0.39 is 0 Å². The zero-order valence-electron chi connectivity index (χ0n) is 2.46. The molecule has 3 N–H and O–H groups in total. The fourth-order valence-electron chi connectivity index (χ4n) is 0.0272. The molecule has 5 heavy (non-hydrogen) atoms. The van der Waals surface area contributed by atoms with Crippen molar-refractivity contribution in [2.75, 3.05) is 0 Å². The van der Waals surface area contributed by atoms with Crippen molar-refractivity contribution in [3.8, 4) is 0 Å². The topological polar surface area (TPSA) is 58.6 Å². The molecule has 4 heteroatoms. The predicted molar refractivity (Wildman–Crippen MR) is 22.9 cm³/mol. The molecule has 0 rings (SSSR count). The molecule has 0 aliphatic carbocycles. The van der Waals surface area contributed by atoms with E-state index in [4.69, 9.17) is 4.55 Å². The first-order valence-electron chi connectivity index (χ1n) is 0.935. The Hall–Kier alpha value is -0.220. The summed E-state index contributed by atoms with van der Waals surface area (Å²) in [5, 5.41) is 2.94. The van der Waals surface area contributed by atoms with Gasteiger partial charge in [-0.3, -0.25) is 0 Å². The number of nitrogens with two attached hydrogens (primary N) is 1. The number of hydrazone groups is 1. The molecular weight excluding hydrogens is 88.1 g/mol. The van der Waals surface area contributed by atoms with Crippen LogP contribution in [0, 0.1) is 0 Å². The Morgan fingerprint density at radius 3 is 2.60 bits per heavy atom. The van der Waals surface area contributed by atoms with Crippen LogP contribution in [0.3, 0.4) is 0 Å². The van der Waals surface area contributed by atoms with E-state index in [0.717, 1.165) is 5.55 Å². The molecule has 0 aromatic heterocycles. The normalized spacial score (nSPS) is 9.80. The SMILES string of the molecule is N/N=C/SO. The Bertz CT molecular complexity index is 36.6. The first kappa shape index (κ1) is 4.78. The molecule has 0 aliphatic heterocycles. The van der Waals surface area contributed by atoms with Crippen LogP contribution in [0.15, 0.2) is 5.10 Å². The van der Waals surface area contributed by atoms with Crippen molar-refractivity contribution in [2.45, 2.75) is 0 Å². The van der Waals surface area contributed by atoms with E-state index in [2.05, 4.69) is 10.9 Å². The van der Waals surface area contributed by atoms with E-state index >= 15 is 0 Å². The number of hydrogen-bond donors (Lipinski definition) is 2. The third-order valence-electron chi connectivity index (χ3n) is 0.108. The van der Waals surface area contributed by atoms with Crippen LogP contribution in [-0.2, 0) is 0 Å². The fraction of sp³-hybridized carbons (Fsp3) is 0. The van der Waals surface area contributed by atoms with Gasteiger partial charge in [-0.1, -0.05) is 0 Å².